The fourth-order valence-corrected chi connectivity index (χ4v) is 1.31. The molecule has 0 aliphatic heterocycles. The maximum atomic E-state index is 11.8. The molecule has 0 aliphatic rings. The van der Waals surface area contributed by atoms with E-state index >= 15 is 0 Å². The molecule has 1 aromatic heterocycles. The predicted octanol–water partition coefficient (Wildman–Crippen LogP) is -0.350. The van der Waals surface area contributed by atoms with Crippen LogP contribution in [-0.2, 0) is 0 Å². The van der Waals surface area contributed by atoms with Crippen LogP contribution in [0.5, 0.6) is 5.75 Å². The van der Waals surface area contributed by atoms with Crippen LogP contribution in [-0.4, -0.2) is 45.0 Å². The number of nitrogens with one attached hydrogen (secondary N) is 1. The summed E-state index contributed by atoms with van der Waals surface area (Å²) in [4.78, 5) is 15.5. The number of carbonyl (C=O) groups excluding carboxylic acids is 1. The van der Waals surface area contributed by atoms with Crippen LogP contribution in [0.4, 0.5) is 0 Å². The largest absolute Gasteiger partial charge is 0.505 e. The lowest BCUT2D eigenvalue weighted by Crippen LogP contribution is -2.53. The molecule has 6 nitrogen and oxygen atoms in total. The minimum Gasteiger partial charge on any atom is -0.505 e. The summed E-state index contributed by atoms with van der Waals surface area (Å²) in [5, 5.41) is 30.3. The number of amides is 1. The average Bonchev–Trinajstić information content (AvgIpc) is 2.36. The maximum Gasteiger partial charge on any atom is 0.274 e. The van der Waals surface area contributed by atoms with E-state index in [-0.39, 0.29) is 24.7 Å². The fraction of sp³-hybridized carbons (Fsp3) is 0.455. The van der Waals surface area contributed by atoms with Crippen molar-refractivity contribution in [2.75, 3.05) is 13.2 Å². The molecule has 0 saturated heterocycles. The quantitative estimate of drug-likeness (QED) is 0.563. The van der Waals surface area contributed by atoms with E-state index in [4.69, 9.17) is 0 Å². The van der Waals surface area contributed by atoms with Gasteiger partial charge in [-0.15, -0.1) is 0 Å². The Morgan fingerprint density at radius 2 is 2.12 bits per heavy atom. The highest BCUT2D eigenvalue weighted by molar-refractivity contribution is 5.95. The summed E-state index contributed by atoms with van der Waals surface area (Å²) in [7, 11) is 0. The van der Waals surface area contributed by atoms with Gasteiger partial charge < -0.3 is 20.6 Å². The summed E-state index contributed by atoms with van der Waals surface area (Å²) < 4.78 is 0. The smallest absolute Gasteiger partial charge is 0.274 e. The molecule has 0 aromatic carbocycles. The van der Waals surface area contributed by atoms with Crippen molar-refractivity contribution >= 4 is 5.91 Å². The van der Waals surface area contributed by atoms with Crippen molar-refractivity contribution in [3.63, 3.8) is 0 Å². The van der Waals surface area contributed by atoms with Gasteiger partial charge in [-0.05, 0) is 18.6 Å². The molecule has 1 amide bonds. The third-order valence-corrected chi connectivity index (χ3v) is 2.66. The molecular weight excluding hydrogens is 224 g/mol. The number of hydrogen-bond acceptors (Lipinski definition) is 5. The van der Waals surface area contributed by atoms with Gasteiger partial charge in [0.1, 0.15) is 5.75 Å². The number of aromatic hydroxyl groups is 1. The lowest BCUT2D eigenvalue weighted by Gasteiger charge is -2.29. The standard InChI is InChI=1S/C11H16N2O4/c1-2-11(6-14,7-15)13-10(17)9-8(16)4-3-5-12-9/h3-5,14-16H,2,6-7H2,1H3,(H,13,17). The first-order valence-corrected chi connectivity index (χ1v) is 5.27. The number of nitrogens with zero attached hydrogens (tertiary/aromatic N) is 1. The molecule has 1 rings (SSSR count). The number of aromatic nitrogens is 1. The van der Waals surface area contributed by atoms with Crippen molar-refractivity contribution in [3.8, 4) is 5.75 Å². The van der Waals surface area contributed by atoms with Gasteiger partial charge in [0.05, 0.1) is 18.8 Å². The van der Waals surface area contributed by atoms with Gasteiger partial charge in [0.15, 0.2) is 5.69 Å². The van der Waals surface area contributed by atoms with E-state index in [0.29, 0.717) is 6.42 Å². The fourth-order valence-electron chi connectivity index (χ4n) is 1.31. The highest BCUT2D eigenvalue weighted by Crippen LogP contribution is 2.15. The zero-order valence-electron chi connectivity index (χ0n) is 9.55. The lowest BCUT2D eigenvalue weighted by atomic mass is 9.98. The third-order valence-electron chi connectivity index (χ3n) is 2.66. The molecule has 0 aliphatic carbocycles. The van der Waals surface area contributed by atoms with Crippen molar-refractivity contribution in [2.24, 2.45) is 0 Å². The normalized spacial score (nSPS) is 11.2. The Morgan fingerprint density at radius 1 is 1.47 bits per heavy atom. The van der Waals surface area contributed by atoms with Gasteiger partial charge in [-0.1, -0.05) is 6.92 Å². The van der Waals surface area contributed by atoms with Gasteiger partial charge in [-0.3, -0.25) is 4.79 Å². The van der Waals surface area contributed by atoms with Crippen LogP contribution in [0, 0.1) is 0 Å². The maximum absolute atomic E-state index is 11.8. The van der Waals surface area contributed by atoms with Gasteiger partial charge >= 0.3 is 0 Å². The van der Waals surface area contributed by atoms with Gasteiger partial charge in [-0.2, -0.15) is 0 Å². The molecule has 0 spiro atoms. The number of pyridine rings is 1. The highest BCUT2D eigenvalue weighted by Gasteiger charge is 2.30. The van der Waals surface area contributed by atoms with Crippen LogP contribution < -0.4 is 5.32 Å². The molecule has 0 unspecified atom stereocenters. The molecular formula is C11H16N2O4. The Kier molecular flexibility index (Phi) is 4.42. The topological polar surface area (TPSA) is 103 Å². The van der Waals surface area contributed by atoms with Crippen molar-refractivity contribution in [1.29, 1.82) is 0 Å². The van der Waals surface area contributed by atoms with Gasteiger partial charge in [0.2, 0.25) is 0 Å². The van der Waals surface area contributed by atoms with E-state index < -0.39 is 11.4 Å². The summed E-state index contributed by atoms with van der Waals surface area (Å²) in [6.45, 7) is 0.948. The second-order valence-corrected chi connectivity index (χ2v) is 3.78. The van der Waals surface area contributed by atoms with E-state index in [2.05, 4.69) is 10.3 Å². The summed E-state index contributed by atoms with van der Waals surface area (Å²) in [5.74, 6) is -0.876. The zero-order valence-corrected chi connectivity index (χ0v) is 9.55. The van der Waals surface area contributed by atoms with Crippen LogP contribution in [0.2, 0.25) is 0 Å². The first-order chi connectivity index (χ1) is 8.08. The Labute approximate surface area is 98.9 Å². The third kappa shape index (κ3) is 2.92. The molecule has 0 saturated carbocycles. The zero-order chi connectivity index (χ0) is 12.9. The van der Waals surface area contributed by atoms with Crippen molar-refractivity contribution in [3.05, 3.63) is 24.0 Å². The number of rotatable bonds is 5. The molecule has 17 heavy (non-hydrogen) atoms. The Morgan fingerprint density at radius 3 is 2.59 bits per heavy atom. The molecule has 0 fully saturated rings. The second-order valence-electron chi connectivity index (χ2n) is 3.78. The Bertz CT molecular complexity index is 383. The van der Waals surface area contributed by atoms with Crippen LogP contribution in [0.1, 0.15) is 23.8 Å². The van der Waals surface area contributed by atoms with Gasteiger partial charge in [0, 0.05) is 6.20 Å². The summed E-state index contributed by atoms with van der Waals surface area (Å²) in [5.41, 5.74) is -1.23. The minimum absolute atomic E-state index is 0.132. The van der Waals surface area contributed by atoms with Crippen LogP contribution in [0.3, 0.4) is 0 Å². The molecule has 1 heterocycles. The first kappa shape index (κ1) is 13.4. The predicted molar refractivity (Wildman–Crippen MR) is 60.6 cm³/mol. The molecule has 0 atom stereocenters. The van der Waals surface area contributed by atoms with E-state index in [1.807, 2.05) is 0 Å². The lowest BCUT2D eigenvalue weighted by molar-refractivity contribution is 0.0647. The van der Waals surface area contributed by atoms with Crippen molar-refractivity contribution in [2.45, 2.75) is 18.9 Å². The molecule has 1 aromatic rings. The minimum atomic E-state index is -1.10. The van der Waals surface area contributed by atoms with E-state index in [1.165, 1.54) is 18.3 Å². The summed E-state index contributed by atoms with van der Waals surface area (Å²) in [6.07, 6.45) is 1.74. The Hall–Kier alpha value is -1.66. The van der Waals surface area contributed by atoms with E-state index in [0.717, 1.165) is 0 Å². The summed E-state index contributed by atoms with van der Waals surface area (Å²) >= 11 is 0. The highest BCUT2D eigenvalue weighted by atomic mass is 16.3. The molecule has 0 radical (unpaired) electrons. The number of hydrogen-bond donors (Lipinski definition) is 4. The van der Waals surface area contributed by atoms with Crippen LogP contribution in [0.15, 0.2) is 18.3 Å². The van der Waals surface area contributed by atoms with Crippen molar-refractivity contribution in [1.82, 2.24) is 10.3 Å². The Balaban J connectivity index is 2.89. The van der Waals surface area contributed by atoms with E-state index in [1.54, 1.807) is 6.92 Å². The monoisotopic (exact) mass is 240 g/mol. The second kappa shape index (κ2) is 5.60. The number of aliphatic hydroxyl groups excluding tert-OH is 2. The molecule has 6 heteroatoms. The number of aliphatic hydroxyl groups is 2. The molecule has 0 bridgehead atoms. The van der Waals surface area contributed by atoms with Crippen LogP contribution >= 0.6 is 0 Å². The summed E-state index contributed by atoms with van der Waals surface area (Å²) in [6, 6.07) is 2.84. The molecule has 4 N–H and O–H groups in total. The SMILES string of the molecule is CCC(CO)(CO)NC(=O)c1ncccc1O. The van der Waals surface area contributed by atoms with Gasteiger partial charge in [-0.25, -0.2) is 4.98 Å². The molecule has 94 valence electrons. The first-order valence-electron chi connectivity index (χ1n) is 5.27. The van der Waals surface area contributed by atoms with Crippen LogP contribution in [0.25, 0.3) is 0 Å². The van der Waals surface area contributed by atoms with Crippen molar-refractivity contribution < 1.29 is 20.1 Å². The number of carbonyl (C=O) groups is 1. The van der Waals surface area contributed by atoms with E-state index in [9.17, 15) is 20.1 Å². The average molecular weight is 240 g/mol. The van der Waals surface area contributed by atoms with Gasteiger partial charge in [0.25, 0.3) is 5.91 Å².